The van der Waals surface area contributed by atoms with Gasteiger partial charge in [0.2, 0.25) is 0 Å². The monoisotopic (exact) mass is 223 g/mol. The predicted molar refractivity (Wildman–Crippen MR) is 60.1 cm³/mol. The van der Waals surface area contributed by atoms with Gasteiger partial charge < -0.3 is 4.98 Å². The molecule has 0 aromatic carbocycles. The lowest BCUT2D eigenvalue weighted by molar-refractivity contribution is 0.676. The SMILES string of the molecule is CCCCS(=O)c1cnc2[nH]ccc2n1. The third kappa shape index (κ3) is 2.23. The number of unbranched alkanes of at least 4 members (excludes halogenated alkanes) is 1. The molecule has 1 atom stereocenters. The smallest absolute Gasteiger partial charge is 0.156 e. The highest BCUT2D eigenvalue weighted by Gasteiger charge is 2.07. The first kappa shape index (κ1) is 10.3. The molecular weight excluding hydrogens is 210 g/mol. The van der Waals surface area contributed by atoms with Crippen molar-refractivity contribution in [3.05, 3.63) is 18.5 Å². The number of H-pyrrole nitrogens is 1. The van der Waals surface area contributed by atoms with E-state index < -0.39 is 10.8 Å². The Morgan fingerprint density at radius 3 is 3.20 bits per heavy atom. The molecule has 2 aromatic heterocycles. The molecule has 2 heterocycles. The van der Waals surface area contributed by atoms with Crippen molar-refractivity contribution in [2.45, 2.75) is 24.8 Å². The fourth-order valence-electron chi connectivity index (χ4n) is 1.30. The number of aromatic nitrogens is 3. The molecule has 15 heavy (non-hydrogen) atoms. The first-order valence-electron chi connectivity index (χ1n) is 4.99. The van der Waals surface area contributed by atoms with Crippen LogP contribution in [0.15, 0.2) is 23.5 Å². The van der Waals surface area contributed by atoms with Gasteiger partial charge in [-0.2, -0.15) is 0 Å². The van der Waals surface area contributed by atoms with E-state index in [1.165, 1.54) is 0 Å². The van der Waals surface area contributed by atoms with E-state index in [1.807, 2.05) is 6.07 Å². The van der Waals surface area contributed by atoms with E-state index >= 15 is 0 Å². The zero-order chi connectivity index (χ0) is 10.7. The Morgan fingerprint density at radius 2 is 2.40 bits per heavy atom. The Morgan fingerprint density at radius 1 is 1.53 bits per heavy atom. The van der Waals surface area contributed by atoms with Gasteiger partial charge in [-0.3, -0.25) is 4.21 Å². The van der Waals surface area contributed by atoms with Gasteiger partial charge in [-0.1, -0.05) is 13.3 Å². The van der Waals surface area contributed by atoms with Crippen LogP contribution >= 0.6 is 0 Å². The topological polar surface area (TPSA) is 58.6 Å². The summed E-state index contributed by atoms with van der Waals surface area (Å²) in [5.41, 5.74) is 1.52. The van der Waals surface area contributed by atoms with E-state index in [9.17, 15) is 4.21 Å². The average molecular weight is 223 g/mol. The molecule has 0 amide bonds. The summed E-state index contributed by atoms with van der Waals surface area (Å²) in [6, 6.07) is 1.84. The molecule has 0 aliphatic carbocycles. The second-order valence-corrected chi connectivity index (χ2v) is 4.84. The minimum atomic E-state index is -1.01. The van der Waals surface area contributed by atoms with Crippen LogP contribution in [0.1, 0.15) is 19.8 Å². The van der Waals surface area contributed by atoms with Gasteiger partial charge in [-0.15, -0.1) is 0 Å². The van der Waals surface area contributed by atoms with Crippen molar-refractivity contribution in [2.24, 2.45) is 0 Å². The number of nitrogens with one attached hydrogen (secondary N) is 1. The van der Waals surface area contributed by atoms with Crippen molar-refractivity contribution in [1.29, 1.82) is 0 Å². The maximum Gasteiger partial charge on any atom is 0.156 e. The summed E-state index contributed by atoms with van der Waals surface area (Å²) in [7, 11) is -1.01. The molecule has 0 bridgehead atoms. The third-order valence-corrected chi connectivity index (χ3v) is 3.48. The van der Waals surface area contributed by atoms with Crippen molar-refractivity contribution in [3.8, 4) is 0 Å². The van der Waals surface area contributed by atoms with Crippen LogP contribution in [0.5, 0.6) is 0 Å². The summed E-state index contributed by atoms with van der Waals surface area (Å²) < 4.78 is 11.8. The van der Waals surface area contributed by atoms with E-state index in [4.69, 9.17) is 0 Å². The molecule has 1 N–H and O–H groups in total. The second-order valence-electron chi connectivity index (χ2n) is 3.32. The molecule has 0 saturated carbocycles. The number of rotatable bonds is 4. The summed E-state index contributed by atoms with van der Waals surface area (Å²) in [6.45, 7) is 2.08. The summed E-state index contributed by atoms with van der Waals surface area (Å²) in [5.74, 6) is 0.668. The van der Waals surface area contributed by atoms with Gasteiger partial charge in [0.1, 0.15) is 10.5 Å². The molecule has 0 aliphatic heterocycles. The van der Waals surface area contributed by atoms with Gasteiger partial charge in [0, 0.05) is 11.9 Å². The molecule has 80 valence electrons. The Kier molecular flexibility index (Phi) is 3.11. The van der Waals surface area contributed by atoms with Crippen LogP contribution in [-0.2, 0) is 10.8 Å². The minimum absolute atomic E-state index is 0.579. The van der Waals surface area contributed by atoms with E-state index in [2.05, 4.69) is 21.9 Å². The Balaban J connectivity index is 2.23. The number of hydrogen-bond acceptors (Lipinski definition) is 3. The zero-order valence-corrected chi connectivity index (χ0v) is 9.38. The van der Waals surface area contributed by atoms with E-state index in [0.29, 0.717) is 10.8 Å². The number of hydrogen-bond donors (Lipinski definition) is 1. The Labute approximate surface area is 90.6 Å². The molecule has 4 nitrogen and oxygen atoms in total. The molecular formula is C10H13N3OS. The van der Waals surface area contributed by atoms with Crippen LogP contribution in [0.3, 0.4) is 0 Å². The highest BCUT2D eigenvalue weighted by atomic mass is 32.2. The fourth-order valence-corrected chi connectivity index (χ4v) is 2.43. The van der Waals surface area contributed by atoms with E-state index in [-0.39, 0.29) is 0 Å². The molecule has 0 aliphatic rings. The predicted octanol–water partition coefficient (Wildman–Crippen LogP) is 1.87. The lowest BCUT2D eigenvalue weighted by Gasteiger charge is -1.99. The average Bonchev–Trinajstić information content (AvgIpc) is 2.72. The van der Waals surface area contributed by atoms with Gasteiger partial charge in [-0.05, 0) is 12.5 Å². The summed E-state index contributed by atoms with van der Waals surface area (Å²) in [6.07, 6.45) is 5.37. The van der Waals surface area contributed by atoms with Crippen molar-refractivity contribution < 1.29 is 4.21 Å². The molecule has 1 unspecified atom stereocenters. The van der Waals surface area contributed by atoms with Crippen LogP contribution in [0.4, 0.5) is 0 Å². The lowest BCUT2D eigenvalue weighted by Crippen LogP contribution is -2.01. The fraction of sp³-hybridized carbons (Fsp3) is 0.400. The largest absolute Gasteiger partial charge is 0.345 e. The van der Waals surface area contributed by atoms with Crippen LogP contribution in [0, 0.1) is 0 Å². The van der Waals surface area contributed by atoms with Gasteiger partial charge in [0.05, 0.1) is 17.0 Å². The van der Waals surface area contributed by atoms with Crippen LogP contribution in [-0.4, -0.2) is 24.9 Å². The second kappa shape index (κ2) is 4.53. The molecule has 0 fully saturated rings. The normalized spacial score (nSPS) is 13.1. The van der Waals surface area contributed by atoms with Crippen molar-refractivity contribution in [2.75, 3.05) is 5.75 Å². The highest BCUT2D eigenvalue weighted by Crippen LogP contribution is 2.10. The van der Waals surface area contributed by atoms with Crippen LogP contribution < -0.4 is 0 Å². The first-order valence-corrected chi connectivity index (χ1v) is 6.31. The van der Waals surface area contributed by atoms with Crippen molar-refractivity contribution in [3.63, 3.8) is 0 Å². The summed E-state index contributed by atoms with van der Waals surface area (Å²) in [4.78, 5) is 11.4. The van der Waals surface area contributed by atoms with Gasteiger partial charge >= 0.3 is 0 Å². The van der Waals surface area contributed by atoms with Crippen LogP contribution in [0.25, 0.3) is 11.2 Å². The Bertz CT molecular complexity index is 480. The number of fused-ring (bicyclic) bond motifs is 1. The van der Waals surface area contributed by atoms with Crippen LogP contribution in [0.2, 0.25) is 0 Å². The Hall–Kier alpha value is -1.23. The standard InChI is InChI=1S/C10H13N3OS/c1-2-3-6-15(14)9-7-12-10-8(13-9)4-5-11-10/h4-5,7H,2-3,6H2,1H3,(H,11,12). The minimum Gasteiger partial charge on any atom is -0.345 e. The molecule has 0 saturated heterocycles. The quantitative estimate of drug-likeness (QED) is 0.860. The summed E-state index contributed by atoms with van der Waals surface area (Å²) in [5, 5.41) is 0.579. The molecule has 2 rings (SSSR count). The van der Waals surface area contributed by atoms with Gasteiger partial charge in [-0.25, -0.2) is 9.97 Å². The van der Waals surface area contributed by atoms with Crippen molar-refractivity contribution >= 4 is 22.0 Å². The maximum absolute atomic E-state index is 11.8. The van der Waals surface area contributed by atoms with Gasteiger partial charge in [0.15, 0.2) is 5.65 Å². The molecule has 0 radical (unpaired) electrons. The number of aromatic amines is 1. The van der Waals surface area contributed by atoms with Crippen molar-refractivity contribution in [1.82, 2.24) is 15.0 Å². The molecule has 5 heteroatoms. The third-order valence-electron chi connectivity index (χ3n) is 2.16. The lowest BCUT2D eigenvalue weighted by atomic mass is 10.4. The molecule has 2 aromatic rings. The number of nitrogens with zero attached hydrogens (tertiary/aromatic N) is 2. The summed E-state index contributed by atoms with van der Waals surface area (Å²) >= 11 is 0. The first-order chi connectivity index (χ1) is 7.31. The van der Waals surface area contributed by atoms with E-state index in [0.717, 1.165) is 24.0 Å². The maximum atomic E-state index is 11.8. The highest BCUT2D eigenvalue weighted by molar-refractivity contribution is 7.84. The van der Waals surface area contributed by atoms with Gasteiger partial charge in [0.25, 0.3) is 0 Å². The van der Waals surface area contributed by atoms with E-state index in [1.54, 1.807) is 12.4 Å². The molecule has 0 spiro atoms. The zero-order valence-electron chi connectivity index (χ0n) is 8.56.